The Morgan fingerprint density at radius 3 is 2.15 bits per heavy atom. The fraction of sp³-hybridized carbons (Fsp3) is 0.407. The van der Waals surface area contributed by atoms with Crippen LogP contribution in [0.3, 0.4) is 0 Å². The van der Waals surface area contributed by atoms with E-state index in [1.165, 1.54) is 0 Å². The van der Waals surface area contributed by atoms with Gasteiger partial charge >= 0.3 is 0 Å². The first-order chi connectivity index (χ1) is 18.6. The van der Waals surface area contributed by atoms with Gasteiger partial charge in [0.05, 0.1) is 5.92 Å². The van der Waals surface area contributed by atoms with E-state index in [0.29, 0.717) is 43.4 Å². The largest absolute Gasteiger partial charge is 0.384 e. The second-order valence-electron chi connectivity index (χ2n) is 9.30. The molecular formula is C27H39N9O3. The smallest absolute Gasteiger partial charge is 0.243 e. The molecule has 0 bridgehead atoms. The van der Waals surface area contributed by atoms with Gasteiger partial charge in [-0.1, -0.05) is 50.1 Å². The molecule has 1 aromatic carbocycles. The Morgan fingerprint density at radius 2 is 1.59 bits per heavy atom. The molecule has 0 fully saturated rings. The average molecular weight is 538 g/mol. The van der Waals surface area contributed by atoms with Gasteiger partial charge in [0.2, 0.25) is 17.7 Å². The second-order valence-corrected chi connectivity index (χ2v) is 9.30. The number of nitrogens with two attached hydrogens (primary N) is 3. The zero-order valence-electron chi connectivity index (χ0n) is 22.2. The summed E-state index contributed by atoms with van der Waals surface area (Å²) in [7, 11) is 0. The molecule has 210 valence electrons. The number of amides is 3. The number of pyridine rings is 1. The summed E-state index contributed by atoms with van der Waals surface area (Å²) in [6.45, 7) is 2.33. The van der Waals surface area contributed by atoms with Crippen LogP contribution in [0.4, 0.5) is 0 Å². The zero-order chi connectivity index (χ0) is 28.8. The lowest BCUT2D eigenvalue weighted by Crippen LogP contribution is -2.53. The van der Waals surface area contributed by atoms with Crippen LogP contribution in [0.2, 0.25) is 0 Å². The summed E-state index contributed by atoms with van der Waals surface area (Å²) in [5.41, 5.74) is 18.5. The van der Waals surface area contributed by atoms with Crippen LogP contribution in [0, 0.1) is 10.8 Å². The average Bonchev–Trinajstić information content (AvgIpc) is 2.91. The van der Waals surface area contributed by atoms with Crippen molar-refractivity contribution < 1.29 is 14.4 Å². The van der Waals surface area contributed by atoms with Gasteiger partial charge in [0.1, 0.15) is 17.9 Å². The molecule has 12 nitrogen and oxygen atoms in total. The molecule has 0 unspecified atom stereocenters. The fourth-order valence-electron chi connectivity index (χ4n) is 4.04. The molecule has 0 saturated carbocycles. The number of primary amides is 1. The molecule has 39 heavy (non-hydrogen) atoms. The van der Waals surface area contributed by atoms with Gasteiger partial charge in [-0.25, -0.2) is 0 Å². The number of benzene rings is 1. The lowest BCUT2D eigenvalue weighted by atomic mass is 9.91. The van der Waals surface area contributed by atoms with Crippen molar-refractivity contribution in [2.24, 2.45) is 17.2 Å². The highest BCUT2D eigenvalue weighted by molar-refractivity contribution is 5.95. The van der Waals surface area contributed by atoms with Gasteiger partial charge in [0, 0.05) is 24.5 Å². The maximum atomic E-state index is 13.6. The van der Waals surface area contributed by atoms with Gasteiger partial charge < -0.3 is 33.2 Å². The van der Waals surface area contributed by atoms with Gasteiger partial charge in [-0.15, -0.1) is 0 Å². The van der Waals surface area contributed by atoms with Crippen LogP contribution >= 0.6 is 0 Å². The highest BCUT2D eigenvalue weighted by atomic mass is 16.2. The van der Waals surface area contributed by atoms with E-state index in [9.17, 15) is 14.4 Å². The van der Waals surface area contributed by atoms with E-state index in [0.717, 1.165) is 12.0 Å². The number of unbranched alkanes of at least 4 members (excludes halogenated alkanes) is 1. The van der Waals surface area contributed by atoms with Crippen LogP contribution in [0.15, 0.2) is 48.8 Å². The van der Waals surface area contributed by atoms with E-state index in [4.69, 9.17) is 28.0 Å². The Bertz CT molecular complexity index is 1120. The van der Waals surface area contributed by atoms with Crippen LogP contribution in [-0.4, -0.2) is 53.1 Å². The van der Waals surface area contributed by atoms with Gasteiger partial charge in [0.15, 0.2) is 5.96 Å². The molecular weight excluding hydrogens is 498 g/mol. The maximum Gasteiger partial charge on any atom is 0.243 e. The highest BCUT2D eigenvalue weighted by Gasteiger charge is 2.29. The number of hydrogen-bond donors (Lipinski definition) is 8. The van der Waals surface area contributed by atoms with Crippen LogP contribution in [-0.2, 0) is 20.8 Å². The third kappa shape index (κ3) is 10.4. The van der Waals surface area contributed by atoms with Gasteiger partial charge in [-0.05, 0) is 42.9 Å². The normalized spacial score (nSPS) is 12.9. The molecule has 2 rings (SSSR count). The van der Waals surface area contributed by atoms with Crippen molar-refractivity contribution >= 4 is 29.5 Å². The molecule has 2 aromatic rings. The number of hydrogen-bond acceptors (Lipinski definition) is 6. The van der Waals surface area contributed by atoms with Crippen molar-refractivity contribution in [3.05, 3.63) is 65.5 Å². The van der Waals surface area contributed by atoms with Crippen molar-refractivity contribution in [1.29, 1.82) is 10.8 Å². The quantitative estimate of drug-likeness (QED) is 0.0863. The number of guanidine groups is 1. The second kappa shape index (κ2) is 15.7. The molecule has 0 aliphatic rings. The summed E-state index contributed by atoms with van der Waals surface area (Å²) in [6, 6.07) is 8.83. The van der Waals surface area contributed by atoms with Crippen molar-refractivity contribution in [3.63, 3.8) is 0 Å². The van der Waals surface area contributed by atoms with Crippen LogP contribution < -0.4 is 33.2 Å². The Balaban J connectivity index is 2.19. The zero-order valence-corrected chi connectivity index (χ0v) is 22.2. The predicted octanol–water partition coefficient (Wildman–Crippen LogP) is 0.600. The van der Waals surface area contributed by atoms with E-state index >= 15 is 0 Å². The lowest BCUT2D eigenvalue weighted by Gasteiger charge is -2.24. The summed E-state index contributed by atoms with van der Waals surface area (Å²) in [6.07, 6.45) is 6.16. The molecule has 11 N–H and O–H groups in total. The highest BCUT2D eigenvalue weighted by Crippen LogP contribution is 2.22. The number of nitrogens with zero attached hydrogens (tertiary/aromatic N) is 1. The predicted molar refractivity (Wildman–Crippen MR) is 150 cm³/mol. The summed E-state index contributed by atoms with van der Waals surface area (Å²) in [4.78, 5) is 42.9. The van der Waals surface area contributed by atoms with Gasteiger partial charge in [-0.2, -0.15) is 0 Å². The monoisotopic (exact) mass is 537 g/mol. The maximum absolute atomic E-state index is 13.6. The minimum atomic E-state index is -0.929. The Hall–Kier alpha value is -4.48. The van der Waals surface area contributed by atoms with Gasteiger partial charge in [0.25, 0.3) is 0 Å². The summed E-state index contributed by atoms with van der Waals surface area (Å²) in [5.74, 6) is -2.39. The number of carbonyl (C=O) groups excluding carboxylic acids is 3. The van der Waals surface area contributed by atoms with Crippen LogP contribution in [0.25, 0.3) is 0 Å². The first-order valence-corrected chi connectivity index (χ1v) is 12.9. The molecule has 0 aliphatic carbocycles. The molecule has 0 aliphatic heterocycles. The SMILES string of the molecule is CCCC[C@H](NC(=O)[C@H](Cc1ccc(C(=N)N)cc1)c1cccnc1)C(=O)N[C@@H](CCCNC(=N)N)C(N)=O. The number of nitrogen functional groups attached to an aromatic ring is 1. The summed E-state index contributed by atoms with van der Waals surface area (Å²) < 4.78 is 0. The third-order valence-corrected chi connectivity index (χ3v) is 6.23. The minimum absolute atomic E-state index is 0.0442. The minimum Gasteiger partial charge on any atom is -0.384 e. The Morgan fingerprint density at radius 1 is 0.923 bits per heavy atom. The number of aromatic nitrogens is 1. The molecule has 0 saturated heterocycles. The molecule has 3 atom stereocenters. The summed E-state index contributed by atoms with van der Waals surface area (Å²) in [5, 5.41) is 23.0. The molecule has 3 amide bonds. The molecule has 0 spiro atoms. The lowest BCUT2D eigenvalue weighted by molar-refractivity contribution is -0.132. The molecule has 0 radical (unpaired) electrons. The Kier molecular flexibility index (Phi) is 12.4. The van der Waals surface area contributed by atoms with E-state index in [1.54, 1.807) is 36.7 Å². The molecule has 12 heteroatoms. The van der Waals surface area contributed by atoms with E-state index in [-0.39, 0.29) is 24.1 Å². The number of rotatable bonds is 16. The topological polar surface area (TPSA) is 226 Å². The van der Waals surface area contributed by atoms with E-state index in [2.05, 4.69) is 20.9 Å². The first-order valence-electron chi connectivity index (χ1n) is 12.9. The standard InChI is InChI=1S/C27H39N9O3/c1-2-3-7-22(26(39)35-21(24(30)37)8-5-14-34-27(31)32)36-25(38)20(19-6-4-13-33-16-19)15-17-9-11-18(12-10-17)23(28)29/h4,6,9-13,16,20-22H,2-3,5,7-8,14-15H2,1H3,(H3,28,29)(H2,30,37)(H,35,39)(H,36,38)(H4,31,32,34)/t20-,21+,22+/m1/s1. The third-order valence-electron chi connectivity index (χ3n) is 6.23. The van der Waals surface area contributed by atoms with Crippen molar-refractivity contribution in [1.82, 2.24) is 20.9 Å². The molecule has 1 aromatic heterocycles. The van der Waals surface area contributed by atoms with E-state index in [1.807, 2.05) is 19.1 Å². The van der Waals surface area contributed by atoms with Crippen molar-refractivity contribution in [3.8, 4) is 0 Å². The first kappa shape index (κ1) is 30.7. The van der Waals surface area contributed by atoms with E-state index < -0.39 is 29.8 Å². The fourth-order valence-corrected chi connectivity index (χ4v) is 4.04. The van der Waals surface area contributed by atoms with Crippen molar-refractivity contribution in [2.75, 3.05) is 6.54 Å². The van der Waals surface area contributed by atoms with Crippen LogP contribution in [0.1, 0.15) is 61.6 Å². The summed E-state index contributed by atoms with van der Waals surface area (Å²) >= 11 is 0. The number of amidine groups is 1. The van der Waals surface area contributed by atoms with Crippen molar-refractivity contribution in [2.45, 2.75) is 63.5 Å². The number of nitrogens with one attached hydrogen (secondary N) is 5. The molecule has 1 heterocycles. The number of carbonyl (C=O) groups is 3. The van der Waals surface area contributed by atoms with Crippen LogP contribution in [0.5, 0.6) is 0 Å². The van der Waals surface area contributed by atoms with Gasteiger partial charge in [-0.3, -0.25) is 30.2 Å². The Labute approximate surface area is 228 Å².